The second kappa shape index (κ2) is 3.67. The molecule has 18 heavy (non-hydrogen) atoms. The minimum atomic E-state index is -0.987. The molecule has 5 nitrogen and oxygen atoms in total. The molecule has 5 heteroatoms. The van der Waals surface area contributed by atoms with E-state index >= 15 is 0 Å². The van der Waals surface area contributed by atoms with E-state index in [0.717, 1.165) is 6.42 Å². The van der Waals surface area contributed by atoms with Crippen LogP contribution in [0, 0.1) is 23.2 Å². The van der Waals surface area contributed by atoms with Gasteiger partial charge in [-0.15, -0.1) is 0 Å². The van der Waals surface area contributed by atoms with E-state index in [1.165, 1.54) is 0 Å². The normalized spacial score (nSPS) is 40.6. The highest BCUT2D eigenvalue weighted by atomic mass is 16.6. The average Bonchev–Trinajstić information content (AvgIpc) is 2.69. The molecule has 1 aliphatic heterocycles. The van der Waals surface area contributed by atoms with Crippen molar-refractivity contribution in [2.45, 2.75) is 19.8 Å². The van der Waals surface area contributed by atoms with Crippen molar-refractivity contribution in [1.82, 2.24) is 0 Å². The van der Waals surface area contributed by atoms with Crippen molar-refractivity contribution in [3.05, 3.63) is 12.2 Å². The van der Waals surface area contributed by atoms with Gasteiger partial charge in [-0.1, -0.05) is 12.2 Å². The minimum Gasteiger partial charge on any atom is -0.465 e. The second-order valence-electron chi connectivity index (χ2n) is 5.07. The number of allylic oxidation sites excluding steroid dienone is 1. The fourth-order valence-corrected chi connectivity index (χ4v) is 3.47. The van der Waals surface area contributed by atoms with E-state index in [1.807, 2.05) is 6.08 Å². The molecular formula is C13H14O5. The lowest BCUT2D eigenvalue weighted by Gasteiger charge is -2.45. The van der Waals surface area contributed by atoms with Crippen molar-refractivity contribution in [3.63, 3.8) is 0 Å². The van der Waals surface area contributed by atoms with Crippen LogP contribution >= 0.6 is 0 Å². The number of carbonyl (C=O) groups is 3. The van der Waals surface area contributed by atoms with Gasteiger partial charge in [0.1, 0.15) is 5.41 Å². The van der Waals surface area contributed by atoms with Gasteiger partial charge in [0.05, 0.1) is 18.4 Å². The highest BCUT2D eigenvalue weighted by Gasteiger charge is 2.65. The van der Waals surface area contributed by atoms with Gasteiger partial charge in [-0.25, -0.2) is 0 Å². The molecule has 0 aromatic heterocycles. The van der Waals surface area contributed by atoms with Crippen LogP contribution in [0.1, 0.15) is 19.8 Å². The standard InChI is InChI=1S/C13H14O5/c1-2-17-12(16)13-5-3-7(4-6-13)8-9(13)11(15)18-10(8)14/h3,5,7-9H,2,4,6H2,1H3/t7-,8+,9+,13-/m0/s1. The fraction of sp³-hybridized carbons (Fsp3) is 0.615. The lowest BCUT2D eigenvalue weighted by Crippen LogP contribution is -2.51. The van der Waals surface area contributed by atoms with Crippen LogP contribution in [0.2, 0.25) is 0 Å². The fourth-order valence-electron chi connectivity index (χ4n) is 3.47. The van der Waals surface area contributed by atoms with Crippen LogP contribution in [0.5, 0.6) is 0 Å². The van der Waals surface area contributed by atoms with Crippen molar-refractivity contribution < 1.29 is 23.9 Å². The number of carbonyl (C=O) groups excluding carboxylic acids is 3. The van der Waals surface area contributed by atoms with Gasteiger partial charge in [-0.2, -0.15) is 0 Å². The lowest BCUT2D eigenvalue weighted by atomic mass is 9.55. The zero-order chi connectivity index (χ0) is 12.9. The predicted molar refractivity (Wildman–Crippen MR) is 59.0 cm³/mol. The molecule has 1 saturated heterocycles. The molecule has 0 aromatic carbocycles. The van der Waals surface area contributed by atoms with E-state index in [2.05, 4.69) is 0 Å². The third-order valence-corrected chi connectivity index (χ3v) is 4.29. The van der Waals surface area contributed by atoms with Crippen LogP contribution in [0.4, 0.5) is 0 Å². The van der Waals surface area contributed by atoms with Crippen molar-refractivity contribution in [2.24, 2.45) is 23.2 Å². The summed E-state index contributed by atoms with van der Waals surface area (Å²) in [6, 6.07) is 0. The molecule has 1 saturated carbocycles. The van der Waals surface area contributed by atoms with Gasteiger partial charge in [0.25, 0.3) is 0 Å². The molecule has 96 valence electrons. The van der Waals surface area contributed by atoms with Crippen molar-refractivity contribution in [1.29, 1.82) is 0 Å². The smallest absolute Gasteiger partial charge is 0.318 e. The van der Waals surface area contributed by atoms with Crippen molar-refractivity contribution in [2.75, 3.05) is 6.61 Å². The van der Waals surface area contributed by atoms with Gasteiger partial charge >= 0.3 is 17.9 Å². The molecule has 0 amide bonds. The Bertz CT molecular complexity index is 466. The first-order valence-electron chi connectivity index (χ1n) is 6.22. The van der Waals surface area contributed by atoms with Gasteiger partial charge in [-0.3, -0.25) is 14.4 Å². The summed E-state index contributed by atoms with van der Waals surface area (Å²) in [6.07, 6.45) is 4.89. The van der Waals surface area contributed by atoms with Crippen molar-refractivity contribution in [3.8, 4) is 0 Å². The molecule has 0 aromatic rings. The van der Waals surface area contributed by atoms with E-state index in [-0.39, 0.29) is 12.5 Å². The zero-order valence-electron chi connectivity index (χ0n) is 10.0. The van der Waals surface area contributed by atoms with Crippen LogP contribution in [0.25, 0.3) is 0 Å². The van der Waals surface area contributed by atoms with E-state index in [0.29, 0.717) is 6.42 Å². The topological polar surface area (TPSA) is 69.7 Å². The summed E-state index contributed by atoms with van der Waals surface area (Å²) in [4.78, 5) is 35.7. The maximum atomic E-state index is 12.2. The number of cyclic esters (lactones) is 2. The Kier molecular flexibility index (Phi) is 2.33. The first-order chi connectivity index (χ1) is 8.60. The third kappa shape index (κ3) is 1.24. The van der Waals surface area contributed by atoms with E-state index in [1.54, 1.807) is 13.0 Å². The van der Waals surface area contributed by atoms with Gasteiger partial charge < -0.3 is 9.47 Å². The summed E-state index contributed by atoms with van der Waals surface area (Å²) in [5.74, 6) is -2.65. The second-order valence-corrected chi connectivity index (χ2v) is 5.07. The van der Waals surface area contributed by atoms with Gasteiger partial charge in [-0.05, 0) is 25.7 Å². The lowest BCUT2D eigenvalue weighted by molar-refractivity contribution is -0.165. The number of ether oxygens (including phenoxy) is 2. The molecule has 0 radical (unpaired) electrons. The first-order valence-corrected chi connectivity index (χ1v) is 6.22. The summed E-state index contributed by atoms with van der Waals surface area (Å²) >= 11 is 0. The highest BCUT2D eigenvalue weighted by molar-refractivity contribution is 6.01. The van der Waals surface area contributed by atoms with Crippen molar-refractivity contribution >= 4 is 17.9 Å². The van der Waals surface area contributed by atoms with Crippen LogP contribution in [-0.4, -0.2) is 24.5 Å². The number of hydrogen-bond donors (Lipinski definition) is 0. The monoisotopic (exact) mass is 250 g/mol. The highest BCUT2D eigenvalue weighted by Crippen LogP contribution is 2.56. The molecule has 1 heterocycles. The Balaban J connectivity index is 2.05. The molecule has 4 aliphatic rings. The number of hydrogen-bond acceptors (Lipinski definition) is 5. The Morgan fingerprint density at radius 2 is 2.28 bits per heavy atom. The molecule has 4 atom stereocenters. The predicted octanol–water partition coefficient (Wildman–Crippen LogP) is 0.831. The SMILES string of the molecule is CCOC(=O)[C@@]12C=C[C@@H](CC1)[C@H]1C(=O)OC(=O)[C@@H]12. The molecule has 3 aliphatic carbocycles. The van der Waals surface area contributed by atoms with Gasteiger partial charge in [0.2, 0.25) is 0 Å². The summed E-state index contributed by atoms with van der Waals surface area (Å²) in [6.45, 7) is 1.99. The molecule has 2 fully saturated rings. The summed E-state index contributed by atoms with van der Waals surface area (Å²) < 4.78 is 9.80. The molecule has 2 bridgehead atoms. The molecular weight excluding hydrogens is 236 g/mol. The maximum absolute atomic E-state index is 12.2. The number of rotatable bonds is 2. The third-order valence-electron chi connectivity index (χ3n) is 4.29. The Labute approximate surface area is 104 Å². The zero-order valence-corrected chi connectivity index (χ0v) is 10.0. The van der Waals surface area contributed by atoms with Crippen LogP contribution in [0.3, 0.4) is 0 Å². The Morgan fingerprint density at radius 1 is 1.50 bits per heavy atom. The van der Waals surface area contributed by atoms with E-state index < -0.39 is 35.2 Å². The van der Waals surface area contributed by atoms with E-state index in [9.17, 15) is 14.4 Å². The summed E-state index contributed by atoms with van der Waals surface area (Å²) in [5.41, 5.74) is -0.987. The van der Waals surface area contributed by atoms with Crippen LogP contribution < -0.4 is 0 Å². The van der Waals surface area contributed by atoms with E-state index in [4.69, 9.17) is 9.47 Å². The number of esters is 3. The minimum absolute atomic E-state index is 0.0188. The van der Waals surface area contributed by atoms with Crippen LogP contribution in [-0.2, 0) is 23.9 Å². The molecule has 4 rings (SSSR count). The van der Waals surface area contributed by atoms with Gasteiger partial charge in [0.15, 0.2) is 0 Å². The first kappa shape index (κ1) is 11.4. The molecule has 0 N–H and O–H groups in total. The largest absolute Gasteiger partial charge is 0.465 e. The molecule has 0 spiro atoms. The summed E-state index contributed by atoms with van der Waals surface area (Å²) in [5, 5.41) is 0. The Hall–Kier alpha value is -1.65. The quantitative estimate of drug-likeness (QED) is 0.412. The Morgan fingerprint density at radius 3 is 2.89 bits per heavy atom. The molecule has 0 unspecified atom stereocenters. The summed E-state index contributed by atoms with van der Waals surface area (Å²) in [7, 11) is 0. The number of fused-ring (bicyclic) bond motifs is 1. The maximum Gasteiger partial charge on any atom is 0.318 e. The van der Waals surface area contributed by atoms with Crippen LogP contribution in [0.15, 0.2) is 12.2 Å². The average molecular weight is 250 g/mol. The van der Waals surface area contributed by atoms with Gasteiger partial charge in [0, 0.05) is 0 Å².